The van der Waals surface area contributed by atoms with Crippen molar-refractivity contribution < 1.29 is 32.4 Å². The van der Waals surface area contributed by atoms with Crippen LogP contribution in [0.25, 0.3) is 0 Å². The van der Waals surface area contributed by atoms with E-state index >= 15 is 0 Å². The van der Waals surface area contributed by atoms with Gasteiger partial charge in [0.2, 0.25) is 10.0 Å². The Morgan fingerprint density at radius 1 is 0.891 bits per heavy atom. The number of amides is 2. The van der Waals surface area contributed by atoms with Crippen molar-refractivity contribution in [2.24, 2.45) is 0 Å². The van der Waals surface area contributed by atoms with Crippen molar-refractivity contribution in [1.82, 2.24) is 14.1 Å². The highest BCUT2D eigenvalue weighted by molar-refractivity contribution is 9.10. The molecule has 46 heavy (non-hydrogen) atoms. The Labute approximate surface area is 274 Å². The van der Waals surface area contributed by atoms with Gasteiger partial charge in [-0.05, 0) is 49.7 Å². The molecular formula is C32H31BrN4O8S. The summed E-state index contributed by atoms with van der Waals surface area (Å²) in [5.74, 6) is -2.03. The maximum absolute atomic E-state index is 14.3. The van der Waals surface area contributed by atoms with Gasteiger partial charge in [-0.2, -0.15) is 4.31 Å². The van der Waals surface area contributed by atoms with Crippen LogP contribution in [-0.2, 0) is 19.5 Å². The maximum atomic E-state index is 14.3. The summed E-state index contributed by atoms with van der Waals surface area (Å²) in [7, 11) is -4.38. The number of carbonyl (C=O) groups is 2. The van der Waals surface area contributed by atoms with Crippen LogP contribution in [0.2, 0.25) is 0 Å². The van der Waals surface area contributed by atoms with Gasteiger partial charge in [-0.15, -0.1) is 0 Å². The van der Waals surface area contributed by atoms with Crippen molar-refractivity contribution in [2.45, 2.75) is 54.7 Å². The fraction of sp³-hybridized carbons (Fsp3) is 0.375. The van der Waals surface area contributed by atoms with Gasteiger partial charge in [-0.3, -0.25) is 29.5 Å². The van der Waals surface area contributed by atoms with E-state index in [0.717, 1.165) is 10.0 Å². The number of nitro groups is 1. The number of imide groups is 1. The van der Waals surface area contributed by atoms with Crippen LogP contribution < -0.4 is 0 Å². The van der Waals surface area contributed by atoms with E-state index in [1.807, 2.05) is 24.3 Å². The second kappa shape index (κ2) is 11.3. The number of para-hydroxylation sites is 1. The molecular weight excluding hydrogens is 680 g/mol. The summed E-state index contributed by atoms with van der Waals surface area (Å²) in [6.45, 7) is 3.91. The molecule has 4 aliphatic rings. The minimum atomic E-state index is -4.38. The number of rotatable bonds is 6. The quantitative estimate of drug-likeness (QED) is 0.211. The summed E-state index contributed by atoms with van der Waals surface area (Å²) in [6, 6.07) is 19.0. The van der Waals surface area contributed by atoms with Gasteiger partial charge in [0.1, 0.15) is 12.2 Å². The Bertz CT molecular complexity index is 1820. The molecule has 12 nitrogen and oxygen atoms in total. The average molecular weight is 712 g/mol. The number of hydrogen-bond donors (Lipinski definition) is 0. The molecule has 4 heterocycles. The van der Waals surface area contributed by atoms with Gasteiger partial charge in [0, 0.05) is 54.7 Å². The highest BCUT2D eigenvalue weighted by Crippen LogP contribution is 2.46. The Kier molecular flexibility index (Phi) is 7.65. The first kappa shape index (κ1) is 31.1. The van der Waals surface area contributed by atoms with Crippen molar-refractivity contribution in [3.05, 3.63) is 104 Å². The molecule has 14 heteroatoms. The van der Waals surface area contributed by atoms with Crippen molar-refractivity contribution in [1.29, 1.82) is 0 Å². The van der Waals surface area contributed by atoms with Crippen LogP contribution in [0, 0.1) is 10.1 Å². The zero-order valence-corrected chi connectivity index (χ0v) is 27.4. The number of nitrogens with zero attached hydrogens (tertiary/aromatic N) is 4. The molecule has 2 amide bonds. The predicted octanol–water partition coefficient (Wildman–Crippen LogP) is 4.01. The predicted molar refractivity (Wildman–Crippen MR) is 169 cm³/mol. The van der Waals surface area contributed by atoms with E-state index in [0.29, 0.717) is 17.7 Å². The van der Waals surface area contributed by atoms with Crippen LogP contribution in [0.3, 0.4) is 0 Å². The number of carbonyl (C=O) groups excluding carboxylic acids is 2. The number of halogens is 1. The molecule has 240 valence electrons. The highest BCUT2D eigenvalue weighted by atomic mass is 79.9. The van der Waals surface area contributed by atoms with Gasteiger partial charge in [0.05, 0.1) is 16.1 Å². The van der Waals surface area contributed by atoms with Crippen LogP contribution >= 0.6 is 15.9 Å². The smallest absolute Gasteiger partial charge is 0.289 e. The largest absolute Gasteiger partial charge is 0.343 e. The Hall–Kier alpha value is -3.53. The molecule has 0 aromatic heterocycles. The molecule has 0 saturated carbocycles. The van der Waals surface area contributed by atoms with Crippen molar-refractivity contribution >= 4 is 43.5 Å². The lowest BCUT2D eigenvalue weighted by Gasteiger charge is -2.58. The number of ether oxygens (including phenoxy) is 2. The van der Waals surface area contributed by atoms with Crippen LogP contribution in [-0.4, -0.2) is 95.5 Å². The summed E-state index contributed by atoms with van der Waals surface area (Å²) in [5.41, 5.74) is 1.11. The van der Waals surface area contributed by atoms with Crippen LogP contribution in [0.1, 0.15) is 46.0 Å². The first-order valence-corrected chi connectivity index (χ1v) is 17.1. The SMILES string of the molecule is CC1(C)O[C@H]2CN3[C@@H](CN4C(=O)c5ccccc5C4=O)[C@H](c4ccc(Br)cc4)[C@@H]3CN(S(=O)(=O)c3ccccc3[N+](=O)[O-])C[C@H]2O1. The van der Waals surface area contributed by atoms with Crippen molar-refractivity contribution in [3.8, 4) is 0 Å². The third kappa shape index (κ3) is 5.17. The lowest BCUT2D eigenvalue weighted by molar-refractivity contribution is -0.387. The van der Waals surface area contributed by atoms with Gasteiger partial charge >= 0.3 is 0 Å². The van der Waals surface area contributed by atoms with E-state index in [1.165, 1.54) is 33.5 Å². The molecule has 0 radical (unpaired) electrons. The zero-order valence-electron chi connectivity index (χ0n) is 25.0. The molecule has 5 atom stereocenters. The van der Waals surface area contributed by atoms with Crippen LogP contribution in [0.4, 0.5) is 5.69 Å². The van der Waals surface area contributed by atoms with Gasteiger partial charge in [0.25, 0.3) is 17.5 Å². The molecule has 3 fully saturated rings. The van der Waals surface area contributed by atoms with Gasteiger partial charge in [-0.1, -0.05) is 52.3 Å². The first-order valence-electron chi connectivity index (χ1n) is 14.9. The molecule has 0 aliphatic carbocycles. The second-order valence-electron chi connectivity index (χ2n) is 12.4. The van der Waals surface area contributed by atoms with Crippen molar-refractivity contribution in [3.63, 3.8) is 0 Å². The van der Waals surface area contributed by atoms with E-state index in [-0.39, 0.29) is 43.4 Å². The third-order valence-corrected chi connectivity index (χ3v) is 11.7. The molecule has 3 saturated heterocycles. The van der Waals surface area contributed by atoms with Crippen LogP contribution in [0.5, 0.6) is 0 Å². The zero-order chi connectivity index (χ0) is 32.5. The number of hydrogen-bond acceptors (Lipinski definition) is 9. The highest BCUT2D eigenvalue weighted by Gasteiger charge is 2.57. The normalized spacial score (nSPS) is 27.7. The second-order valence-corrected chi connectivity index (χ2v) is 15.3. The molecule has 7 rings (SSSR count). The monoisotopic (exact) mass is 710 g/mol. The average Bonchev–Trinajstić information content (AvgIpc) is 3.44. The van der Waals surface area contributed by atoms with E-state index in [4.69, 9.17) is 9.47 Å². The van der Waals surface area contributed by atoms with E-state index in [1.54, 1.807) is 38.1 Å². The summed E-state index contributed by atoms with van der Waals surface area (Å²) in [6.07, 6.45) is -1.21. The Balaban J connectivity index is 1.29. The van der Waals surface area contributed by atoms with E-state index in [2.05, 4.69) is 20.8 Å². The number of sulfonamides is 1. The van der Waals surface area contributed by atoms with Gasteiger partial charge in [-0.25, -0.2) is 8.42 Å². The van der Waals surface area contributed by atoms with E-state index in [9.17, 15) is 28.1 Å². The molecule has 0 unspecified atom stereocenters. The summed E-state index contributed by atoms with van der Waals surface area (Å²) in [5, 5.41) is 11.9. The molecule has 0 N–H and O–H groups in total. The number of benzene rings is 3. The summed E-state index contributed by atoms with van der Waals surface area (Å²) >= 11 is 3.48. The standard InChI is InChI=1S/C32H31BrN4O8S/c1-32(2)44-26-17-34(46(42,43)28-10-6-5-9-23(28)37(40)41)15-24-29(19-11-13-20(33)14-12-19)25(35(24)18-27(26)45-32)16-36-30(38)21-7-3-4-8-22(21)31(36)39/h3-14,24-27,29H,15-18H2,1-2H3/t24-,25-,26+,27-,29+/m0/s1. The number of nitro benzene ring substituents is 1. The summed E-state index contributed by atoms with van der Waals surface area (Å²) < 4.78 is 43.1. The van der Waals surface area contributed by atoms with Crippen LogP contribution in [0.15, 0.2) is 82.2 Å². The lowest BCUT2D eigenvalue weighted by atomic mass is 9.73. The van der Waals surface area contributed by atoms with E-state index < -0.39 is 49.6 Å². The lowest BCUT2D eigenvalue weighted by Crippen LogP contribution is -2.71. The van der Waals surface area contributed by atoms with Gasteiger partial charge < -0.3 is 9.47 Å². The minimum absolute atomic E-state index is 0.000734. The van der Waals surface area contributed by atoms with Crippen molar-refractivity contribution in [2.75, 3.05) is 26.2 Å². The fourth-order valence-corrected chi connectivity index (χ4v) is 9.21. The number of fused-ring (bicyclic) bond motifs is 3. The molecule has 0 spiro atoms. The fourth-order valence-electron chi connectivity index (χ4n) is 7.31. The maximum Gasteiger partial charge on any atom is 0.289 e. The Morgan fingerprint density at radius 3 is 2.11 bits per heavy atom. The van der Waals surface area contributed by atoms with Gasteiger partial charge in [0.15, 0.2) is 10.7 Å². The summed E-state index contributed by atoms with van der Waals surface area (Å²) in [4.78, 5) is 41.0. The molecule has 0 bridgehead atoms. The third-order valence-electron chi connectivity index (χ3n) is 9.31. The first-order chi connectivity index (χ1) is 21.9. The Morgan fingerprint density at radius 2 is 1.48 bits per heavy atom. The topological polar surface area (TPSA) is 140 Å². The molecule has 4 aliphatic heterocycles. The minimum Gasteiger partial charge on any atom is -0.343 e. The molecule has 3 aromatic carbocycles. The molecule has 3 aromatic rings.